The van der Waals surface area contributed by atoms with Crippen LogP contribution < -0.4 is 10.6 Å². The van der Waals surface area contributed by atoms with Gasteiger partial charge in [0, 0.05) is 24.7 Å². The molecule has 0 atom stereocenters. The van der Waals surface area contributed by atoms with Crippen molar-refractivity contribution in [3.05, 3.63) is 34.9 Å². The summed E-state index contributed by atoms with van der Waals surface area (Å²) in [4.78, 5) is 11.5. The maximum absolute atomic E-state index is 11.5. The van der Waals surface area contributed by atoms with Crippen LogP contribution in [0.15, 0.2) is 24.3 Å². The molecule has 0 bridgehead atoms. The highest BCUT2D eigenvalue weighted by Crippen LogP contribution is 2.10. The van der Waals surface area contributed by atoms with E-state index in [1.165, 1.54) is 5.56 Å². The molecule has 4 heteroatoms. The molecule has 1 aromatic carbocycles. The largest absolute Gasteiger partial charge is 0.356 e. The van der Waals surface area contributed by atoms with Crippen LogP contribution in [0.4, 0.5) is 0 Å². The third-order valence-electron chi connectivity index (χ3n) is 3.01. The maximum atomic E-state index is 11.5. The van der Waals surface area contributed by atoms with Gasteiger partial charge in [0.1, 0.15) is 0 Å². The number of carbonyl (C=O) groups excluding carboxylic acids is 1. The first kappa shape index (κ1) is 12.4. The zero-order valence-electron chi connectivity index (χ0n) is 9.71. The molecule has 1 aromatic rings. The molecular formula is C13H17ClN2O. The summed E-state index contributed by atoms with van der Waals surface area (Å²) < 4.78 is 0. The summed E-state index contributed by atoms with van der Waals surface area (Å²) in [6.07, 6.45) is 1.94. The van der Waals surface area contributed by atoms with Gasteiger partial charge in [0.05, 0.1) is 5.92 Å². The van der Waals surface area contributed by atoms with E-state index in [1.54, 1.807) is 0 Å². The van der Waals surface area contributed by atoms with Crippen molar-refractivity contribution in [3.63, 3.8) is 0 Å². The van der Waals surface area contributed by atoms with E-state index in [-0.39, 0.29) is 11.8 Å². The molecule has 0 aliphatic carbocycles. The van der Waals surface area contributed by atoms with Gasteiger partial charge in [-0.3, -0.25) is 4.79 Å². The van der Waals surface area contributed by atoms with Crippen LogP contribution >= 0.6 is 11.6 Å². The fourth-order valence-electron chi connectivity index (χ4n) is 1.77. The van der Waals surface area contributed by atoms with Crippen LogP contribution in [0.25, 0.3) is 0 Å². The Labute approximate surface area is 107 Å². The standard InChI is InChI=1S/C13H17ClN2O/c14-12-5-3-10(4-6-12)2-1-7-16-13(17)11-8-15-9-11/h3-6,11,15H,1-2,7-9H2,(H,16,17). The lowest BCUT2D eigenvalue weighted by Gasteiger charge is -2.25. The Morgan fingerprint density at radius 3 is 2.65 bits per heavy atom. The highest BCUT2D eigenvalue weighted by atomic mass is 35.5. The number of benzene rings is 1. The van der Waals surface area contributed by atoms with Crippen LogP contribution in [0.3, 0.4) is 0 Å². The van der Waals surface area contributed by atoms with Crippen LogP contribution in [-0.4, -0.2) is 25.5 Å². The minimum Gasteiger partial charge on any atom is -0.356 e. The molecule has 0 unspecified atom stereocenters. The molecule has 92 valence electrons. The molecule has 0 saturated carbocycles. The molecule has 17 heavy (non-hydrogen) atoms. The van der Waals surface area contributed by atoms with Crippen LogP contribution in [0.1, 0.15) is 12.0 Å². The van der Waals surface area contributed by atoms with Crippen molar-refractivity contribution >= 4 is 17.5 Å². The monoisotopic (exact) mass is 252 g/mol. The molecule has 3 nitrogen and oxygen atoms in total. The Morgan fingerprint density at radius 2 is 2.06 bits per heavy atom. The number of hydrogen-bond donors (Lipinski definition) is 2. The van der Waals surface area contributed by atoms with Gasteiger partial charge < -0.3 is 10.6 Å². The number of hydrogen-bond acceptors (Lipinski definition) is 2. The van der Waals surface area contributed by atoms with Crippen molar-refractivity contribution in [3.8, 4) is 0 Å². The fraction of sp³-hybridized carbons (Fsp3) is 0.462. The molecule has 2 rings (SSSR count). The zero-order valence-corrected chi connectivity index (χ0v) is 10.5. The minimum atomic E-state index is 0.180. The Morgan fingerprint density at radius 1 is 1.35 bits per heavy atom. The Hall–Kier alpha value is -1.06. The van der Waals surface area contributed by atoms with Crippen molar-refractivity contribution in [2.24, 2.45) is 5.92 Å². The highest BCUT2D eigenvalue weighted by Gasteiger charge is 2.23. The maximum Gasteiger partial charge on any atom is 0.225 e. The van der Waals surface area contributed by atoms with E-state index in [1.807, 2.05) is 24.3 Å². The van der Waals surface area contributed by atoms with Crippen LogP contribution in [0, 0.1) is 5.92 Å². The summed E-state index contributed by atoms with van der Waals surface area (Å²) in [6.45, 7) is 2.39. The first-order chi connectivity index (χ1) is 8.25. The second kappa shape index (κ2) is 6.03. The first-order valence-corrected chi connectivity index (χ1v) is 6.36. The SMILES string of the molecule is O=C(NCCCc1ccc(Cl)cc1)C1CNC1. The van der Waals surface area contributed by atoms with Gasteiger partial charge >= 0.3 is 0 Å². The Bertz CT molecular complexity index is 374. The predicted molar refractivity (Wildman–Crippen MR) is 69.1 cm³/mol. The van der Waals surface area contributed by atoms with Crippen LogP contribution in [-0.2, 0) is 11.2 Å². The molecule has 1 aliphatic heterocycles. The lowest BCUT2D eigenvalue weighted by Crippen LogP contribution is -2.50. The van der Waals surface area contributed by atoms with E-state index >= 15 is 0 Å². The average Bonchev–Trinajstić information content (AvgIpc) is 2.24. The highest BCUT2D eigenvalue weighted by molar-refractivity contribution is 6.30. The first-order valence-electron chi connectivity index (χ1n) is 5.98. The van der Waals surface area contributed by atoms with Gasteiger partial charge in [-0.1, -0.05) is 23.7 Å². The molecule has 0 radical (unpaired) electrons. The third-order valence-corrected chi connectivity index (χ3v) is 3.26. The van der Waals surface area contributed by atoms with Gasteiger partial charge in [-0.15, -0.1) is 0 Å². The van der Waals surface area contributed by atoms with Gasteiger partial charge in [0.2, 0.25) is 5.91 Å². The lowest BCUT2D eigenvalue weighted by atomic mass is 10.0. The van der Waals surface area contributed by atoms with E-state index in [2.05, 4.69) is 10.6 Å². The van der Waals surface area contributed by atoms with Gasteiger partial charge in [-0.25, -0.2) is 0 Å². The van der Waals surface area contributed by atoms with E-state index in [0.717, 1.165) is 37.5 Å². The minimum absolute atomic E-state index is 0.180. The topological polar surface area (TPSA) is 41.1 Å². The molecule has 0 spiro atoms. The summed E-state index contributed by atoms with van der Waals surface area (Å²) >= 11 is 5.81. The summed E-state index contributed by atoms with van der Waals surface area (Å²) in [7, 11) is 0. The van der Waals surface area contributed by atoms with Crippen molar-refractivity contribution < 1.29 is 4.79 Å². The summed E-state index contributed by atoms with van der Waals surface area (Å²) in [5, 5.41) is 6.82. The lowest BCUT2D eigenvalue weighted by molar-refractivity contribution is -0.126. The number of carbonyl (C=O) groups is 1. The normalized spacial score (nSPS) is 15.4. The van der Waals surface area contributed by atoms with E-state index in [4.69, 9.17) is 11.6 Å². The van der Waals surface area contributed by atoms with Crippen LogP contribution in [0.2, 0.25) is 5.02 Å². The molecule has 1 fully saturated rings. The van der Waals surface area contributed by atoms with E-state index in [9.17, 15) is 4.79 Å². The zero-order chi connectivity index (χ0) is 12.1. The van der Waals surface area contributed by atoms with Crippen molar-refractivity contribution in [1.82, 2.24) is 10.6 Å². The quantitative estimate of drug-likeness (QED) is 0.782. The number of rotatable bonds is 5. The van der Waals surface area contributed by atoms with Gasteiger partial charge in [-0.2, -0.15) is 0 Å². The number of aryl methyl sites for hydroxylation is 1. The van der Waals surface area contributed by atoms with E-state index < -0.39 is 0 Å². The van der Waals surface area contributed by atoms with Crippen molar-refractivity contribution in [2.75, 3.05) is 19.6 Å². The number of halogens is 1. The van der Waals surface area contributed by atoms with E-state index in [0.29, 0.717) is 0 Å². The second-order valence-corrected chi connectivity index (χ2v) is 4.81. The molecular weight excluding hydrogens is 236 g/mol. The van der Waals surface area contributed by atoms with Gasteiger partial charge in [0.25, 0.3) is 0 Å². The molecule has 1 heterocycles. The fourth-order valence-corrected chi connectivity index (χ4v) is 1.90. The molecule has 1 saturated heterocycles. The summed E-state index contributed by atoms with van der Waals surface area (Å²) in [6, 6.07) is 7.85. The number of amides is 1. The Kier molecular flexibility index (Phi) is 4.40. The summed E-state index contributed by atoms with van der Waals surface area (Å²) in [5.74, 6) is 0.366. The van der Waals surface area contributed by atoms with Crippen LogP contribution in [0.5, 0.6) is 0 Å². The molecule has 1 amide bonds. The number of nitrogens with one attached hydrogen (secondary N) is 2. The van der Waals surface area contributed by atoms with Gasteiger partial charge in [-0.05, 0) is 30.5 Å². The van der Waals surface area contributed by atoms with Crippen molar-refractivity contribution in [2.45, 2.75) is 12.8 Å². The molecule has 2 N–H and O–H groups in total. The Balaban J connectivity index is 1.62. The predicted octanol–water partition coefficient (Wildman–Crippen LogP) is 1.61. The molecule has 0 aromatic heterocycles. The summed E-state index contributed by atoms with van der Waals surface area (Å²) in [5.41, 5.74) is 1.26. The average molecular weight is 253 g/mol. The third kappa shape index (κ3) is 3.72. The second-order valence-electron chi connectivity index (χ2n) is 4.38. The molecule has 1 aliphatic rings. The smallest absolute Gasteiger partial charge is 0.225 e. The van der Waals surface area contributed by atoms with Crippen molar-refractivity contribution in [1.29, 1.82) is 0 Å². The van der Waals surface area contributed by atoms with Gasteiger partial charge in [0.15, 0.2) is 0 Å².